The smallest absolute Gasteiger partial charge is 0.0107 e. The standard InChI is InChI=1S/C11H24N2S/c1-3-14-10-4-7-12-8-9-13(2)11-5-6-11/h11-12H,3-10H2,1-2H3. The lowest BCUT2D eigenvalue weighted by molar-refractivity contribution is 0.322. The fraction of sp³-hybridized carbons (Fsp3) is 1.00. The van der Waals surface area contributed by atoms with Crippen LogP contribution in [0.2, 0.25) is 0 Å². The molecule has 2 nitrogen and oxygen atoms in total. The lowest BCUT2D eigenvalue weighted by Crippen LogP contribution is -2.31. The Labute approximate surface area is 92.8 Å². The number of rotatable bonds is 9. The van der Waals surface area contributed by atoms with Gasteiger partial charge in [0.2, 0.25) is 0 Å². The number of hydrogen-bond donors (Lipinski definition) is 1. The first kappa shape index (κ1) is 12.3. The van der Waals surface area contributed by atoms with Crippen molar-refractivity contribution in [2.24, 2.45) is 0 Å². The van der Waals surface area contributed by atoms with E-state index in [0.29, 0.717) is 0 Å². The predicted octanol–water partition coefficient (Wildman–Crippen LogP) is 1.81. The van der Waals surface area contributed by atoms with E-state index >= 15 is 0 Å². The maximum absolute atomic E-state index is 3.50. The molecule has 0 bridgehead atoms. The highest BCUT2D eigenvalue weighted by molar-refractivity contribution is 7.99. The Morgan fingerprint density at radius 3 is 2.79 bits per heavy atom. The molecule has 0 aromatic carbocycles. The monoisotopic (exact) mass is 216 g/mol. The van der Waals surface area contributed by atoms with Crippen LogP contribution >= 0.6 is 11.8 Å². The van der Waals surface area contributed by atoms with Crippen molar-refractivity contribution in [3.8, 4) is 0 Å². The van der Waals surface area contributed by atoms with Crippen molar-refractivity contribution in [1.82, 2.24) is 10.2 Å². The summed E-state index contributed by atoms with van der Waals surface area (Å²) in [6, 6.07) is 0.910. The van der Waals surface area contributed by atoms with E-state index in [2.05, 4.69) is 24.2 Å². The number of thioether (sulfide) groups is 1. The zero-order valence-electron chi connectivity index (χ0n) is 9.59. The molecule has 0 atom stereocenters. The van der Waals surface area contributed by atoms with Gasteiger partial charge in [-0.25, -0.2) is 0 Å². The minimum absolute atomic E-state index is 0.910. The van der Waals surface area contributed by atoms with E-state index in [-0.39, 0.29) is 0 Å². The van der Waals surface area contributed by atoms with Crippen LogP contribution in [0.1, 0.15) is 26.2 Å². The van der Waals surface area contributed by atoms with Crippen molar-refractivity contribution in [3.63, 3.8) is 0 Å². The Bertz CT molecular complexity index is 137. The fourth-order valence-electron chi connectivity index (χ4n) is 1.52. The van der Waals surface area contributed by atoms with Gasteiger partial charge in [-0.2, -0.15) is 11.8 Å². The molecule has 0 unspecified atom stereocenters. The molecule has 0 aromatic rings. The maximum atomic E-state index is 3.50. The maximum Gasteiger partial charge on any atom is 0.0107 e. The molecular weight excluding hydrogens is 192 g/mol. The predicted molar refractivity (Wildman–Crippen MR) is 66.1 cm³/mol. The molecule has 1 aliphatic carbocycles. The van der Waals surface area contributed by atoms with Crippen LogP contribution in [-0.2, 0) is 0 Å². The van der Waals surface area contributed by atoms with Crippen molar-refractivity contribution in [2.75, 3.05) is 38.2 Å². The molecule has 1 saturated carbocycles. The third kappa shape index (κ3) is 5.89. The van der Waals surface area contributed by atoms with Gasteiger partial charge in [-0.1, -0.05) is 6.92 Å². The molecule has 0 radical (unpaired) electrons. The normalized spacial score (nSPS) is 16.5. The average Bonchev–Trinajstić information content (AvgIpc) is 2.99. The lowest BCUT2D eigenvalue weighted by atomic mass is 10.4. The summed E-state index contributed by atoms with van der Waals surface area (Å²) in [6.07, 6.45) is 4.15. The van der Waals surface area contributed by atoms with Crippen LogP contribution in [-0.4, -0.2) is 49.1 Å². The Hall–Kier alpha value is 0.270. The lowest BCUT2D eigenvalue weighted by Gasteiger charge is -2.15. The molecule has 3 heteroatoms. The van der Waals surface area contributed by atoms with Crippen LogP contribution in [0.5, 0.6) is 0 Å². The van der Waals surface area contributed by atoms with Crippen molar-refractivity contribution in [3.05, 3.63) is 0 Å². The molecular formula is C11H24N2S. The Kier molecular flexibility index (Phi) is 6.65. The molecule has 0 aromatic heterocycles. The first-order valence-corrected chi connectivity index (χ1v) is 6.98. The highest BCUT2D eigenvalue weighted by atomic mass is 32.2. The first-order valence-electron chi connectivity index (χ1n) is 5.83. The van der Waals surface area contributed by atoms with Gasteiger partial charge in [0.1, 0.15) is 0 Å². The van der Waals surface area contributed by atoms with Crippen LogP contribution in [0.4, 0.5) is 0 Å². The third-order valence-corrected chi connectivity index (χ3v) is 3.64. The quantitative estimate of drug-likeness (QED) is 0.592. The zero-order chi connectivity index (χ0) is 10.2. The molecule has 14 heavy (non-hydrogen) atoms. The van der Waals surface area contributed by atoms with Gasteiger partial charge < -0.3 is 10.2 Å². The zero-order valence-corrected chi connectivity index (χ0v) is 10.4. The third-order valence-electron chi connectivity index (χ3n) is 2.66. The molecule has 0 amide bonds. The van der Waals surface area contributed by atoms with Gasteiger partial charge >= 0.3 is 0 Å². The van der Waals surface area contributed by atoms with Gasteiger partial charge in [-0.3, -0.25) is 0 Å². The minimum Gasteiger partial charge on any atom is -0.315 e. The highest BCUT2D eigenvalue weighted by Gasteiger charge is 2.25. The minimum atomic E-state index is 0.910. The van der Waals surface area contributed by atoms with Crippen LogP contribution < -0.4 is 5.32 Å². The fourth-order valence-corrected chi connectivity index (χ4v) is 2.16. The molecule has 0 aliphatic heterocycles. The van der Waals surface area contributed by atoms with Crippen LogP contribution in [0.25, 0.3) is 0 Å². The van der Waals surface area contributed by atoms with Crippen molar-refractivity contribution in [1.29, 1.82) is 0 Å². The molecule has 1 fully saturated rings. The summed E-state index contributed by atoms with van der Waals surface area (Å²) in [4.78, 5) is 2.48. The van der Waals surface area contributed by atoms with E-state index < -0.39 is 0 Å². The van der Waals surface area contributed by atoms with Crippen LogP contribution in [0.3, 0.4) is 0 Å². The summed E-state index contributed by atoms with van der Waals surface area (Å²) in [7, 11) is 2.24. The number of nitrogens with zero attached hydrogens (tertiary/aromatic N) is 1. The molecule has 84 valence electrons. The SMILES string of the molecule is CCSCCCNCCN(C)C1CC1. The highest BCUT2D eigenvalue weighted by Crippen LogP contribution is 2.24. The van der Waals surface area contributed by atoms with E-state index in [1.54, 1.807) is 0 Å². The van der Waals surface area contributed by atoms with Gasteiger partial charge in [0, 0.05) is 19.1 Å². The van der Waals surface area contributed by atoms with E-state index in [9.17, 15) is 0 Å². The number of hydrogen-bond acceptors (Lipinski definition) is 3. The second-order valence-corrected chi connectivity index (χ2v) is 5.41. The van der Waals surface area contributed by atoms with Crippen molar-refractivity contribution in [2.45, 2.75) is 32.2 Å². The van der Waals surface area contributed by atoms with Gasteiger partial charge in [0.15, 0.2) is 0 Å². The first-order chi connectivity index (χ1) is 6.84. The van der Waals surface area contributed by atoms with Gasteiger partial charge in [-0.05, 0) is 44.4 Å². The second-order valence-electron chi connectivity index (χ2n) is 4.01. The second kappa shape index (κ2) is 7.55. The van der Waals surface area contributed by atoms with Gasteiger partial charge in [-0.15, -0.1) is 0 Å². The topological polar surface area (TPSA) is 15.3 Å². The summed E-state index contributed by atoms with van der Waals surface area (Å²) in [5.41, 5.74) is 0. The van der Waals surface area contributed by atoms with E-state index in [0.717, 1.165) is 12.6 Å². The summed E-state index contributed by atoms with van der Waals surface area (Å²) < 4.78 is 0. The van der Waals surface area contributed by atoms with Gasteiger partial charge in [0.25, 0.3) is 0 Å². The van der Waals surface area contributed by atoms with Crippen molar-refractivity contribution < 1.29 is 0 Å². The molecule has 1 aliphatic rings. The summed E-state index contributed by atoms with van der Waals surface area (Å²) >= 11 is 2.04. The van der Waals surface area contributed by atoms with E-state index in [1.165, 1.54) is 43.9 Å². The largest absolute Gasteiger partial charge is 0.315 e. The van der Waals surface area contributed by atoms with E-state index in [1.807, 2.05) is 11.8 Å². The van der Waals surface area contributed by atoms with Gasteiger partial charge in [0.05, 0.1) is 0 Å². The Morgan fingerprint density at radius 1 is 1.36 bits per heavy atom. The van der Waals surface area contributed by atoms with E-state index in [4.69, 9.17) is 0 Å². The Morgan fingerprint density at radius 2 is 2.14 bits per heavy atom. The molecule has 0 spiro atoms. The average molecular weight is 216 g/mol. The molecule has 1 N–H and O–H groups in total. The Balaban J connectivity index is 1.75. The van der Waals surface area contributed by atoms with Crippen LogP contribution in [0.15, 0.2) is 0 Å². The summed E-state index contributed by atoms with van der Waals surface area (Å²) in [6.45, 7) is 5.78. The molecule has 0 saturated heterocycles. The molecule has 0 heterocycles. The number of nitrogens with one attached hydrogen (secondary N) is 1. The summed E-state index contributed by atoms with van der Waals surface area (Å²) in [5, 5.41) is 3.50. The van der Waals surface area contributed by atoms with Crippen molar-refractivity contribution >= 4 is 11.8 Å². The summed E-state index contributed by atoms with van der Waals surface area (Å²) in [5.74, 6) is 2.56. The van der Waals surface area contributed by atoms with Crippen LogP contribution in [0, 0.1) is 0 Å². The number of likely N-dealkylation sites (N-methyl/N-ethyl adjacent to an activating group) is 1. The molecule has 1 rings (SSSR count).